The van der Waals surface area contributed by atoms with Crippen molar-refractivity contribution in [1.29, 1.82) is 0 Å². The van der Waals surface area contributed by atoms with Crippen LogP contribution in [0.1, 0.15) is 0 Å². The molecule has 0 bridgehead atoms. The minimum Gasteiger partial charge on any atom is -0.411 e. The number of halogens is 15. The first-order chi connectivity index (χ1) is 11.7. The summed E-state index contributed by atoms with van der Waals surface area (Å²) >= 11 is 0. The zero-order chi connectivity index (χ0) is 23.4. The Morgan fingerprint density at radius 1 is 0.500 bits per heavy atom. The van der Waals surface area contributed by atoms with Crippen molar-refractivity contribution in [2.24, 2.45) is 0 Å². The van der Waals surface area contributed by atoms with Gasteiger partial charge in [0.15, 0.2) is 8.32 Å². The van der Waals surface area contributed by atoms with Crippen molar-refractivity contribution in [3.05, 3.63) is 0 Å². The SMILES string of the molecule is C[Si](C)(C)OCC(F)(F)C(F)(F)C(F)(F)C(F)(F)C(F)(F)C(F)(F)C(F)(F)F. The van der Waals surface area contributed by atoms with E-state index in [0.29, 0.717) is 0 Å². The van der Waals surface area contributed by atoms with Crippen LogP contribution in [0.25, 0.3) is 0 Å². The molecule has 28 heavy (non-hydrogen) atoms. The smallest absolute Gasteiger partial charge is 0.411 e. The highest BCUT2D eigenvalue weighted by Gasteiger charge is 2.93. The lowest BCUT2D eigenvalue weighted by molar-refractivity contribution is -0.453. The molecule has 0 aliphatic rings. The summed E-state index contributed by atoms with van der Waals surface area (Å²) in [5, 5.41) is 0. The summed E-state index contributed by atoms with van der Waals surface area (Å²) in [4.78, 5) is 0. The van der Waals surface area contributed by atoms with Crippen LogP contribution in [0.4, 0.5) is 65.9 Å². The Labute approximate surface area is 147 Å². The molecule has 0 aromatic heterocycles. The fraction of sp³-hybridized carbons (Fsp3) is 1.00. The van der Waals surface area contributed by atoms with Gasteiger partial charge in [-0.2, -0.15) is 65.9 Å². The molecule has 0 aliphatic carbocycles. The van der Waals surface area contributed by atoms with Gasteiger partial charge < -0.3 is 4.43 Å². The van der Waals surface area contributed by atoms with Crippen molar-refractivity contribution in [1.82, 2.24) is 0 Å². The van der Waals surface area contributed by atoms with Gasteiger partial charge in [-0.15, -0.1) is 0 Å². The van der Waals surface area contributed by atoms with Crippen LogP contribution in [0.15, 0.2) is 0 Å². The molecule has 0 N–H and O–H groups in total. The quantitative estimate of drug-likeness (QED) is 0.302. The zero-order valence-electron chi connectivity index (χ0n) is 13.8. The van der Waals surface area contributed by atoms with Crippen molar-refractivity contribution in [3.63, 3.8) is 0 Å². The Kier molecular flexibility index (Phi) is 6.62. The van der Waals surface area contributed by atoms with E-state index in [9.17, 15) is 65.9 Å². The minimum absolute atomic E-state index is 1.03. The van der Waals surface area contributed by atoms with Crippen LogP contribution in [0.2, 0.25) is 19.6 Å². The average Bonchev–Trinajstić information content (AvgIpc) is 2.42. The fourth-order valence-electron chi connectivity index (χ4n) is 1.40. The van der Waals surface area contributed by atoms with E-state index in [4.69, 9.17) is 0 Å². The van der Waals surface area contributed by atoms with Gasteiger partial charge in [0.25, 0.3) is 0 Å². The van der Waals surface area contributed by atoms with Gasteiger partial charge in [0.05, 0.1) is 0 Å². The van der Waals surface area contributed by atoms with Crippen molar-refractivity contribution >= 4 is 8.32 Å². The first-order valence-corrected chi connectivity index (χ1v) is 10.1. The second-order valence-corrected chi connectivity index (χ2v) is 11.0. The second kappa shape index (κ2) is 6.83. The first-order valence-electron chi connectivity index (χ1n) is 6.68. The Balaban J connectivity index is 6.32. The van der Waals surface area contributed by atoms with E-state index in [-0.39, 0.29) is 0 Å². The Bertz CT molecular complexity index is 559. The molecule has 0 saturated carbocycles. The van der Waals surface area contributed by atoms with Gasteiger partial charge in [0.1, 0.15) is 6.61 Å². The summed E-state index contributed by atoms with van der Waals surface area (Å²) in [7, 11) is -3.20. The van der Waals surface area contributed by atoms with Crippen LogP contribution in [0.5, 0.6) is 0 Å². The second-order valence-electron chi connectivity index (χ2n) is 6.48. The highest BCUT2D eigenvalue weighted by molar-refractivity contribution is 6.69. The van der Waals surface area contributed by atoms with Crippen molar-refractivity contribution in [2.75, 3.05) is 6.61 Å². The predicted octanol–water partition coefficient (Wildman–Crippen LogP) is 6.21. The van der Waals surface area contributed by atoms with Crippen molar-refractivity contribution in [3.8, 4) is 0 Å². The molecule has 0 saturated heterocycles. The van der Waals surface area contributed by atoms with Gasteiger partial charge in [0.2, 0.25) is 0 Å². The lowest BCUT2D eigenvalue weighted by Gasteiger charge is -2.41. The number of alkyl halides is 15. The highest BCUT2D eigenvalue weighted by atomic mass is 28.4. The molecule has 1 nitrogen and oxygen atoms in total. The normalized spacial score (nSPS) is 16.5. The molecule has 0 aromatic carbocycles. The lowest BCUT2D eigenvalue weighted by Crippen LogP contribution is -2.73. The maximum absolute atomic E-state index is 13.4. The summed E-state index contributed by atoms with van der Waals surface area (Å²) in [5.74, 6) is -46.3. The van der Waals surface area contributed by atoms with Gasteiger partial charge in [-0.25, -0.2) is 0 Å². The van der Waals surface area contributed by atoms with Crippen molar-refractivity contribution < 1.29 is 70.3 Å². The Hall–Kier alpha value is -0.873. The van der Waals surface area contributed by atoms with E-state index in [1.807, 2.05) is 0 Å². The molecule has 0 spiro atoms. The van der Waals surface area contributed by atoms with E-state index in [0.717, 1.165) is 19.6 Å². The molecular weight excluding hydrogens is 461 g/mol. The van der Waals surface area contributed by atoms with E-state index < -0.39 is 56.6 Å². The Morgan fingerprint density at radius 2 is 0.786 bits per heavy atom. The molecule has 0 fully saturated rings. The van der Waals surface area contributed by atoms with Crippen LogP contribution < -0.4 is 0 Å². The predicted molar refractivity (Wildman–Crippen MR) is 65.0 cm³/mol. The third kappa shape index (κ3) is 4.05. The molecule has 0 aliphatic heterocycles. The monoisotopic (exact) mass is 472 g/mol. The molecule has 0 radical (unpaired) electrons. The minimum atomic E-state index is -8.26. The third-order valence-electron chi connectivity index (χ3n) is 3.08. The largest absolute Gasteiger partial charge is 0.460 e. The molecule has 0 aromatic rings. The summed E-state index contributed by atoms with van der Waals surface area (Å²) in [6.07, 6.45) is -7.60. The van der Waals surface area contributed by atoms with Gasteiger partial charge in [-0.3, -0.25) is 0 Å². The van der Waals surface area contributed by atoms with Crippen LogP contribution in [0.3, 0.4) is 0 Å². The third-order valence-corrected chi connectivity index (χ3v) is 4.09. The summed E-state index contributed by atoms with van der Waals surface area (Å²) in [5.41, 5.74) is 0. The molecule has 0 heterocycles. The lowest BCUT2D eigenvalue weighted by atomic mass is 9.91. The van der Waals surface area contributed by atoms with Crippen LogP contribution in [-0.4, -0.2) is 56.6 Å². The van der Waals surface area contributed by atoms with E-state index >= 15 is 0 Å². The van der Waals surface area contributed by atoms with Gasteiger partial charge in [0, 0.05) is 0 Å². The standard InChI is InChI=1S/C11H11F15OSi/c1-28(2,3)27-4-5(12,13)6(14,15)7(16,17)8(18,19)9(20,21)10(22,23)11(24,25)26/h4H2,1-3H3. The molecular formula is C11H11F15OSi. The van der Waals surface area contributed by atoms with Gasteiger partial charge in [-0.05, 0) is 19.6 Å². The van der Waals surface area contributed by atoms with Crippen LogP contribution in [0, 0.1) is 0 Å². The van der Waals surface area contributed by atoms with E-state index in [1.165, 1.54) is 0 Å². The Morgan fingerprint density at radius 3 is 1.07 bits per heavy atom. The highest BCUT2D eigenvalue weighted by Crippen LogP contribution is 2.62. The molecule has 0 atom stereocenters. The van der Waals surface area contributed by atoms with Crippen LogP contribution in [-0.2, 0) is 4.43 Å². The zero-order valence-corrected chi connectivity index (χ0v) is 14.8. The van der Waals surface area contributed by atoms with E-state index in [2.05, 4.69) is 4.43 Å². The van der Waals surface area contributed by atoms with Gasteiger partial charge in [-0.1, -0.05) is 0 Å². The molecule has 17 heteroatoms. The van der Waals surface area contributed by atoms with E-state index in [1.54, 1.807) is 0 Å². The molecule has 0 rings (SSSR count). The van der Waals surface area contributed by atoms with Gasteiger partial charge >= 0.3 is 41.7 Å². The summed E-state index contributed by atoms with van der Waals surface area (Å²) in [6.45, 7) is 0.382. The van der Waals surface area contributed by atoms with Crippen molar-refractivity contribution in [2.45, 2.75) is 61.4 Å². The average molecular weight is 472 g/mol. The van der Waals surface area contributed by atoms with Crippen LogP contribution >= 0.6 is 0 Å². The maximum atomic E-state index is 13.4. The topological polar surface area (TPSA) is 9.23 Å². The first kappa shape index (κ1) is 27.1. The fourth-order valence-corrected chi connectivity index (χ4v) is 2.01. The molecule has 170 valence electrons. The number of hydrogen-bond acceptors (Lipinski definition) is 1. The molecule has 0 unspecified atom stereocenters. The summed E-state index contributed by atoms with van der Waals surface area (Å²) < 4.78 is 197. The number of hydrogen-bond donors (Lipinski definition) is 0. The summed E-state index contributed by atoms with van der Waals surface area (Å²) in [6, 6.07) is 0. The number of rotatable bonds is 8. The molecule has 0 amide bonds. The maximum Gasteiger partial charge on any atom is 0.460 e.